The Morgan fingerprint density at radius 1 is 1.20 bits per heavy atom. The summed E-state index contributed by atoms with van der Waals surface area (Å²) >= 11 is 0. The molecule has 3 nitrogen and oxygen atoms in total. The molecule has 0 aromatic heterocycles. The van der Waals surface area contributed by atoms with E-state index in [4.69, 9.17) is 0 Å². The maximum absolute atomic E-state index is 13.8. The molecule has 1 heterocycles. The molecule has 25 heavy (non-hydrogen) atoms. The van der Waals surface area contributed by atoms with Crippen molar-refractivity contribution in [1.29, 1.82) is 0 Å². The summed E-state index contributed by atoms with van der Waals surface area (Å²) < 4.78 is 13.8. The largest absolute Gasteiger partial charge is 0.352 e. The van der Waals surface area contributed by atoms with E-state index < -0.39 is 5.82 Å². The van der Waals surface area contributed by atoms with Crippen molar-refractivity contribution >= 4 is 5.91 Å². The Bertz CT molecular complexity index is 615. The van der Waals surface area contributed by atoms with Crippen LogP contribution in [0.1, 0.15) is 65.2 Å². The average molecular weight is 349 g/mol. The molecule has 1 aromatic rings. The number of carbonyl (C=O) groups excluding carboxylic acids is 1. The standard InChI is InChI=1S/C21H33FN2O/c1-14-15(12-18(20(2,3)4)24(14)21(5,6)7)13-23-19(25)16-10-8-9-11-17(16)22/h8-11,14-15,18H,12-13H2,1-7H3,(H,23,25)/t14-,15-,18+/m1/s1. The third kappa shape index (κ3) is 4.41. The van der Waals surface area contributed by atoms with Gasteiger partial charge in [0.25, 0.3) is 5.91 Å². The number of nitrogens with zero attached hydrogens (tertiary/aromatic N) is 1. The fourth-order valence-electron chi connectivity index (χ4n) is 4.18. The molecule has 1 amide bonds. The third-order valence-corrected chi connectivity index (χ3v) is 5.40. The summed E-state index contributed by atoms with van der Waals surface area (Å²) in [6.45, 7) is 16.4. The molecule has 0 saturated carbocycles. The first kappa shape index (κ1) is 19.9. The van der Waals surface area contributed by atoms with Gasteiger partial charge in [-0.1, -0.05) is 32.9 Å². The molecule has 0 unspecified atom stereocenters. The number of hydrogen-bond donors (Lipinski definition) is 1. The average Bonchev–Trinajstić information content (AvgIpc) is 2.82. The molecular weight excluding hydrogens is 315 g/mol. The molecule has 2 rings (SSSR count). The first-order chi connectivity index (χ1) is 11.4. The molecule has 1 saturated heterocycles. The van der Waals surface area contributed by atoms with Crippen LogP contribution < -0.4 is 5.32 Å². The van der Waals surface area contributed by atoms with Gasteiger partial charge in [0.05, 0.1) is 5.56 Å². The summed E-state index contributed by atoms with van der Waals surface area (Å²) in [5.74, 6) is -0.436. The lowest BCUT2D eigenvalue weighted by atomic mass is 9.82. The number of benzene rings is 1. The summed E-state index contributed by atoms with van der Waals surface area (Å²) in [7, 11) is 0. The lowest BCUT2D eigenvalue weighted by Gasteiger charge is -2.45. The van der Waals surface area contributed by atoms with Crippen LogP contribution in [0.3, 0.4) is 0 Å². The van der Waals surface area contributed by atoms with Crippen molar-refractivity contribution in [2.45, 2.75) is 72.5 Å². The van der Waals surface area contributed by atoms with Gasteiger partial charge in [0.2, 0.25) is 0 Å². The molecular formula is C21H33FN2O. The van der Waals surface area contributed by atoms with Crippen LogP contribution in [0.2, 0.25) is 0 Å². The Hall–Kier alpha value is -1.42. The number of amides is 1. The maximum Gasteiger partial charge on any atom is 0.254 e. The molecule has 140 valence electrons. The van der Waals surface area contributed by atoms with E-state index in [0.717, 1.165) is 6.42 Å². The minimum atomic E-state index is -0.469. The fourth-order valence-corrected chi connectivity index (χ4v) is 4.18. The number of rotatable bonds is 3. The summed E-state index contributed by atoms with van der Waals surface area (Å²) in [5, 5.41) is 2.95. The zero-order valence-corrected chi connectivity index (χ0v) is 16.7. The van der Waals surface area contributed by atoms with E-state index in [1.165, 1.54) is 12.1 Å². The van der Waals surface area contributed by atoms with Gasteiger partial charge in [-0.3, -0.25) is 9.69 Å². The van der Waals surface area contributed by atoms with E-state index in [1.54, 1.807) is 12.1 Å². The monoisotopic (exact) mass is 348 g/mol. The van der Waals surface area contributed by atoms with Crippen molar-refractivity contribution in [3.8, 4) is 0 Å². The third-order valence-electron chi connectivity index (χ3n) is 5.40. The highest BCUT2D eigenvalue weighted by Gasteiger charge is 2.47. The van der Waals surface area contributed by atoms with E-state index >= 15 is 0 Å². The van der Waals surface area contributed by atoms with Gasteiger partial charge >= 0.3 is 0 Å². The first-order valence-electron chi connectivity index (χ1n) is 9.24. The Labute approximate surface area is 152 Å². The van der Waals surface area contributed by atoms with Crippen LogP contribution in [-0.4, -0.2) is 35.0 Å². The molecule has 0 bridgehead atoms. The van der Waals surface area contributed by atoms with Crippen molar-refractivity contribution in [1.82, 2.24) is 10.2 Å². The van der Waals surface area contributed by atoms with Gasteiger partial charge in [0, 0.05) is 24.2 Å². The lowest BCUT2D eigenvalue weighted by molar-refractivity contribution is 0.0277. The summed E-state index contributed by atoms with van der Waals surface area (Å²) in [6, 6.07) is 6.96. The topological polar surface area (TPSA) is 32.3 Å². The van der Waals surface area contributed by atoms with Crippen molar-refractivity contribution in [2.24, 2.45) is 11.3 Å². The lowest BCUT2D eigenvalue weighted by Crippen LogP contribution is -2.53. The molecule has 0 radical (unpaired) electrons. The predicted molar refractivity (Wildman–Crippen MR) is 101 cm³/mol. The van der Waals surface area contributed by atoms with Crippen LogP contribution in [0.4, 0.5) is 4.39 Å². The van der Waals surface area contributed by atoms with E-state index in [-0.39, 0.29) is 22.4 Å². The second-order valence-corrected chi connectivity index (χ2v) is 9.39. The second kappa shape index (κ2) is 7.06. The van der Waals surface area contributed by atoms with Gasteiger partial charge in [-0.25, -0.2) is 4.39 Å². The van der Waals surface area contributed by atoms with Crippen molar-refractivity contribution < 1.29 is 9.18 Å². The molecule has 4 heteroatoms. The zero-order valence-electron chi connectivity index (χ0n) is 16.7. The van der Waals surface area contributed by atoms with E-state index in [1.807, 2.05) is 0 Å². The van der Waals surface area contributed by atoms with Gasteiger partial charge in [-0.15, -0.1) is 0 Å². The second-order valence-electron chi connectivity index (χ2n) is 9.39. The van der Waals surface area contributed by atoms with Crippen molar-refractivity contribution in [2.75, 3.05) is 6.54 Å². The smallest absolute Gasteiger partial charge is 0.254 e. The number of likely N-dealkylation sites (tertiary alicyclic amines) is 1. The first-order valence-corrected chi connectivity index (χ1v) is 9.24. The number of hydrogen-bond acceptors (Lipinski definition) is 2. The van der Waals surface area contributed by atoms with Crippen LogP contribution >= 0.6 is 0 Å². The highest BCUT2D eigenvalue weighted by molar-refractivity contribution is 5.94. The van der Waals surface area contributed by atoms with Gasteiger partial charge in [0.15, 0.2) is 0 Å². The van der Waals surface area contributed by atoms with Crippen molar-refractivity contribution in [3.63, 3.8) is 0 Å². The Balaban J connectivity index is 2.10. The normalized spacial score (nSPS) is 25.2. The maximum atomic E-state index is 13.8. The van der Waals surface area contributed by atoms with Gasteiger partial charge in [0.1, 0.15) is 5.82 Å². The molecule has 1 aromatic carbocycles. The predicted octanol–water partition coefficient (Wildman–Crippen LogP) is 4.48. The van der Waals surface area contributed by atoms with Crippen LogP contribution in [-0.2, 0) is 0 Å². The molecule has 1 N–H and O–H groups in total. The molecule has 1 aliphatic heterocycles. The minimum Gasteiger partial charge on any atom is -0.352 e. The van der Waals surface area contributed by atoms with Gasteiger partial charge < -0.3 is 5.32 Å². The SMILES string of the molecule is C[C@@H]1[C@@H](CNC(=O)c2ccccc2F)C[C@@H](C(C)(C)C)N1C(C)(C)C. The highest BCUT2D eigenvalue weighted by atomic mass is 19.1. The van der Waals surface area contributed by atoms with Gasteiger partial charge in [-0.2, -0.15) is 0 Å². The summed E-state index contributed by atoms with van der Waals surface area (Å²) in [6.07, 6.45) is 1.04. The van der Waals surface area contributed by atoms with Crippen molar-refractivity contribution in [3.05, 3.63) is 35.6 Å². The molecule has 3 atom stereocenters. The van der Waals surface area contributed by atoms with E-state index in [0.29, 0.717) is 24.5 Å². The van der Waals surface area contributed by atoms with Gasteiger partial charge in [-0.05, 0) is 57.6 Å². The molecule has 1 aliphatic rings. The molecule has 1 fully saturated rings. The Kier molecular flexibility index (Phi) is 5.62. The number of halogens is 1. The van der Waals surface area contributed by atoms with E-state index in [9.17, 15) is 9.18 Å². The van der Waals surface area contributed by atoms with Crippen LogP contribution in [0.15, 0.2) is 24.3 Å². The number of nitrogens with one attached hydrogen (secondary N) is 1. The Morgan fingerprint density at radius 3 is 2.28 bits per heavy atom. The van der Waals surface area contributed by atoms with Crippen LogP contribution in [0, 0.1) is 17.2 Å². The van der Waals surface area contributed by atoms with E-state index in [2.05, 4.69) is 58.7 Å². The highest BCUT2D eigenvalue weighted by Crippen LogP contribution is 2.43. The fraction of sp³-hybridized carbons (Fsp3) is 0.667. The Morgan fingerprint density at radius 2 is 1.80 bits per heavy atom. The van der Waals surface area contributed by atoms with Crippen LogP contribution in [0.5, 0.6) is 0 Å². The summed E-state index contributed by atoms with van der Waals surface area (Å²) in [4.78, 5) is 14.9. The number of carbonyl (C=O) groups is 1. The molecule has 0 aliphatic carbocycles. The minimum absolute atomic E-state index is 0.0711. The summed E-state index contributed by atoms with van der Waals surface area (Å²) in [5.41, 5.74) is 0.362. The zero-order chi connectivity index (χ0) is 19.0. The quantitative estimate of drug-likeness (QED) is 0.873. The van der Waals surface area contributed by atoms with Crippen LogP contribution in [0.25, 0.3) is 0 Å². The molecule has 0 spiro atoms.